The molecule has 0 saturated heterocycles. The Bertz CT molecular complexity index is 868. The van der Waals surface area contributed by atoms with Crippen LogP contribution in [0.3, 0.4) is 0 Å². The van der Waals surface area contributed by atoms with Gasteiger partial charge in [0.1, 0.15) is 0 Å². The molecular formula is C18H21ClN2O3S. The molecule has 1 aliphatic heterocycles. The van der Waals surface area contributed by atoms with Crippen molar-refractivity contribution in [3.05, 3.63) is 65.2 Å². The second-order valence-corrected chi connectivity index (χ2v) is 7.66. The van der Waals surface area contributed by atoms with Gasteiger partial charge in [0.2, 0.25) is 10.0 Å². The van der Waals surface area contributed by atoms with Crippen molar-refractivity contribution < 1.29 is 13.2 Å². The van der Waals surface area contributed by atoms with Crippen LogP contribution in [0.1, 0.15) is 34.5 Å². The van der Waals surface area contributed by atoms with Gasteiger partial charge in [0.15, 0.2) is 5.78 Å². The number of nitrogens with one attached hydrogen (secondary N) is 2. The van der Waals surface area contributed by atoms with Gasteiger partial charge in [-0.05, 0) is 43.1 Å². The molecule has 2 aromatic carbocycles. The maximum atomic E-state index is 12.5. The van der Waals surface area contributed by atoms with Crippen LogP contribution in [0.2, 0.25) is 0 Å². The van der Waals surface area contributed by atoms with Crippen LogP contribution >= 0.6 is 12.4 Å². The summed E-state index contributed by atoms with van der Waals surface area (Å²) in [6.45, 7) is 2.51. The van der Waals surface area contributed by atoms with Gasteiger partial charge in [-0.1, -0.05) is 36.4 Å². The highest BCUT2D eigenvalue weighted by Gasteiger charge is 2.22. The molecule has 2 N–H and O–H groups in total. The van der Waals surface area contributed by atoms with Crippen LogP contribution < -0.4 is 10.0 Å². The number of hydrogen-bond acceptors (Lipinski definition) is 4. The molecule has 1 unspecified atom stereocenters. The quantitative estimate of drug-likeness (QED) is 0.781. The Hall–Kier alpha value is -1.73. The molecule has 0 aliphatic carbocycles. The van der Waals surface area contributed by atoms with Crippen molar-refractivity contribution in [1.29, 1.82) is 0 Å². The van der Waals surface area contributed by atoms with Gasteiger partial charge in [-0.15, -0.1) is 12.4 Å². The number of sulfonamides is 1. The lowest BCUT2D eigenvalue weighted by atomic mass is 9.95. The van der Waals surface area contributed by atoms with Crippen molar-refractivity contribution in [2.45, 2.75) is 24.3 Å². The summed E-state index contributed by atoms with van der Waals surface area (Å²) >= 11 is 0. The van der Waals surface area contributed by atoms with Gasteiger partial charge >= 0.3 is 0 Å². The van der Waals surface area contributed by atoms with Crippen LogP contribution in [-0.2, 0) is 16.4 Å². The topological polar surface area (TPSA) is 75.3 Å². The number of Topliss-reactive ketones (excluding diaryl/α,β-unsaturated/α-hetero) is 1. The second-order valence-electron chi connectivity index (χ2n) is 5.89. The number of fused-ring (bicyclic) bond motifs is 1. The molecule has 1 atom stereocenters. The molecule has 0 radical (unpaired) electrons. The number of hydrogen-bond donors (Lipinski definition) is 2. The SMILES string of the molecule is CC(=O)c1cccc(S(=O)(=O)NCC2NCCc3ccccc32)c1.Cl. The Morgan fingerprint density at radius 1 is 1.20 bits per heavy atom. The zero-order valence-electron chi connectivity index (χ0n) is 13.9. The van der Waals surface area contributed by atoms with Crippen LogP contribution in [0, 0.1) is 0 Å². The average Bonchev–Trinajstić information content (AvgIpc) is 2.60. The van der Waals surface area contributed by atoms with Gasteiger partial charge in [-0.2, -0.15) is 0 Å². The van der Waals surface area contributed by atoms with Crippen molar-refractivity contribution in [2.24, 2.45) is 0 Å². The molecule has 0 bridgehead atoms. The van der Waals surface area contributed by atoms with E-state index in [2.05, 4.69) is 16.1 Å². The number of ketones is 1. The van der Waals surface area contributed by atoms with E-state index < -0.39 is 10.0 Å². The molecule has 134 valence electrons. The molecule has 1 aliphatic rings. The fourth-order valence-electron chi connectivity index (χ4n) is 2.93. The zero-order chi connectivity index (χ0) is 17.2. The third kappa shape index (κ3) is 4.46. The monoisotopic (exact) mass is 380 g/mol. The largest absolute Gasteiger partial charge is 0.308 e. The van der Waals surface area contributed by atoms with Crippen LogP contribution in [0.4, 0.5) is 0 Å². The second kappa shape index (κ2) is 8.10. The third-order valence-electron chi connectivity index (χ3n) is 4.24. The van der Waals surface area contributed by atoms with Crippen LogP contribution in [0.15, 0.2) is 53.4 Å². The third-order valence-corrected chi connectivity index (χ3v) is 5.67. The molecule has 0 saturated carbocycles. The first-order chi connectivity index (χ1) is 11.5. The molecule has 3 rings (SSSR count). The first-order valence-corrected chi connectivity index (χ1v) is 9.37. The van der Waals surface area contributed by atoms with E-state index in [9.17, 15) is 13.2 Å². The Morgan fingerprint density at radius 2 is 1.96 bits per heavy atom. The summed E-state index contributed by atoms with van der Waals surface area (Å²) < 4.78 is 27.7. The Morgan fingerprint density at radius 3 is 2.72 bits per heavy atom. The van der Waals surface area contributed by atoms with Crippen molar-refractivity contribution in [3.63, 3.8) is 0 Å². The van der Waals surface area contributed by atoms with Crippen molar-refractivity contribution in [1.82, 2.24) is 10.0 Å². The van der Waals surface area contributed by atoms with E-state index in [1.54, 1.807) is 12.1 Å². The molecule has 0 spiro atoms. The van der Waals surface area contributed by atoms with Crippen molar-refractivity contribution in [3.8, 4) is 0 Å². The Labute approximate surface area is 154 Å². The highest BCUT2D eigenvalue weighted by Crippen LogP contribution is 2.22. The van der Waals surface area contributed by atoms with Gasteiger partial charge in [-0.25, -0.2) is 13.1 Å². The molecule has 0 amide bonds. The number of carbonyl (C=O) groups is 1. The van der Waals surface area contributed by atoms with Crippen LogP contribution in [0.5, 0.6) is 0 Å². The lowest BCUT2D eigenvalue weighted by Gasteiger charge is -2.27. The summed E-state index contributed by atoms with van der Waals surface area (Å²) in [5, 5.41) is 3.35. The summed E-state index contributed by atoms with van der Waals surface area (Å²) in [6.07, 6.45) is 0.945. The van der Waals surface area contributed by atoms with E-state index in [0.717, 1.165) is 18.5 Å². The predicted molar refractivity (Wildman–Crippen MR) is 99.8 cm³/mol. The van der Waals surface area contributed by atoms with E-state index in [1.165, 1.54) is 24.6 Å². The van der Waals surface area contributed by atoms with E-state index in [1.807, 2.05) is 18.2 Å². The van der Waals surface area contributed by atoms with E-state index in [-0.39, 0.29) is 35.7 Å². The highest BCUT2D eigenvalue weighted by molar-refractivity contribution is 7.89. The minimum absolute atomic E-state index is 0. The fraction of sp³-hybridized carbons (Fsp3) is 0.278. The fourth-order valence-corrected chi connectivity index (χ4v) is 4.03. The molecule has 5 nitrogen and oxygen atoms in total. The number of halogens is 1. The first-order valence-electron chi connectivity index (χ1n) is 7.89. The predicted octanol–water partition coefficient (Wildman–Crippen LogP) is 2.48. The molecule has 0 fully saturated rings. The minimum atomic E-state index is -3.66. The van der Waals surface area contributed by atoms with Gasteiger partial charge < -0.3 is 5.32 Å². The summed E-state index contributed by atoms with van der Waals surface area (Å²) in [5.74, 6) is -0.157. The summed E-state index contributed by atoms with van der Waals surface area (Å²) in [4.78, 5) is 11.6. The van der Waals surface area contributed by atoms with Gasteiger partial charge in [0, 0.05) is 18.2 Å². The van der Waals surface area contributed by atoms with E-state index in [0.29, 0.717) is 5.56 Å². The lowest BCUT2D eigenvalue weighted by Crippen LogP contribution is -2.38. The average molecular weight is 381 g/mol. The number of carbonyl (C=O) groups excluding carboxylic acids is 1. The molecule has 2 aromatic rings. The first kappa shape index (κ1) is 19.6. The Kier molecular flexibility index (Phi) is 6.35. The van der Waals surface area contributed by atoms with E-state index >= 15 is 0 Å². The van der Waals surface area contributed by atoms with Gasteiger partial charge in [0.25, 0.3) is 0 Å². The van der Waals surface area contributed by atoms with Crippen LogP contribution in [-0.4, -0.2) is 27.3 Å². The van der Waals surface area contributed by atoms with Gasteiger partial charge in [0.05, 0.1) is 4.90 Å². The molecule has 0 aromatic heterocycles. The minimum Gasteiger partial charge on any atom is -0.308 e. The van der Waals surface area contributed by atoms with Crippen molar-refractivity contribution >= 4 is 28.2 Å². The molecule has 7 heteroatoms. The van der Waals surface area contributed by atoms with Gasteiger partial charge in [-0.3, -0.25) is 4.79 Å². The van der Waals surface area contributed by atoms with E-state index in [4.69, 9.17) is 0 Å². The highest BCUT2D eigenvalue weighted by atomic mass is 35.5. The van der Waals surface area contributed by atoms with Crippen molar-refractivity contribution in [2.75, 3.05) is 13.1 Å². The molecular weight excluding hydrogens is 360 g/mol. The summed E-state index contributed by atoms with van der Waals surface area (Å²) in [5.41, 5.74) is 2.77. The molecule has 1 heterocycles. The summed E-state index contributed by atoms with van der Waals surface area (Å²) in [7, 11) is -3.66. The Balaban J connectivity index is 0.00000225. The smallest absolute Gasteiger partial charge is 0.240 e. The lowest BCUT2D eigenvalue weighted by molar-refractivity contribution is 0.101. The zero-order valence-corrected chi connectivity index (χ0v) is 15.5. The normalized spacial score (nSPS) is 16.6. The number of benzene rings is 2. The number of rotatable bonds is 5. The van der Waals surface area contributed by atoms with Crippen LogP contribution in [0.25, 0.3) is 0 Å². The molecule has 25 heavy (non-hydrogen) atoms. The standard InChI is InChI=1S/C18H20N2O3S.ClH/c1-13(21)15-6-4-7-16(11-15)24(22,23)20-12-18-17-8-3-2-5-14(17)9-10-19-18;/h2-8,11,18-20H,9-10,12H2,1H3;1H. The maximum Gasteiger partial charge on any atom is 0.240 e. The summed E-state index contributed by atoms with van der Waals surface area (Å²) in [6, 6.07) is 14.1. The maximum absolute atomic E-state index is 12.5.